The van der Waals surface area contributed by atoms with Crippen molar-refractivity contribution in [3.05, 3.63) is 30.1 Å². The van der Waals surface area contributed by atoms with Crippen LogP contribution in [-0.2, 0) is 6.54 Å². The number of hydrogen-bond acceptors (Lipinski definition) is 2. The minimum absolute atomic E-state index is 0.488. The maximum atomic E-state index is 8.15. The summed E-state index contributed by atoms with van der Waals surface area (Å²) in [5.41, 5.74) is 1.17. The Bertz CT molecular complexity index is 341. The van der Waals surface area contributed by atoms with Gasteiger partial charge in [0.1, 0.15) is 0 Å². The average molecular weight is 217 g/mol. The standard InChI is InChI=1S/C13H19N3/c1-16(10-11-5-4-8-15-9-11)13(14)12-6-2-3-7-12/h4-5,8-9,12,14H,2-3,6-7,10H2,1H3. The van der Waals surface area contributed by atoms with Gasteiger partial charge in [0.15, 0.2) is 0 Å². The Labute approximate surface area is 97.0 Å². The molecule has 0 atom stereocenters. The van der Waals surface area contributed by atoms with Gasteiger partial charge in [-0.15, -0.1) is 0 Å². The fraction of sp³-hybridized carbons (Fsp3) is 0.538. The van der Waals surface area contributed by atoms with E-state index in [9.17, 15) is 0 Å². The molecule has 1 aromatic rings. The van der Waals surface area contributed by atoms with Crippen LogP contribution in [0.1, 0.15) is 31.2 Å². The summed E-state index contributed by atoms with van der Waals surface area (Å²) in [6, 6.07) is 4.01. The molecule has 1 aliphatic rings. The second-order valence-electron chi connectivity index (χ2n) is 4.58. The molecule has 0 spiro atoms. The molecule has 0 aliphatic heterocycles. The second-order valence-corrected chi connectivity index (χ2v) is 4.58. The van der Waals surface area contributed by atoms with E-state index in [0.29, 0.717) is 5.92 Å². The van der Waals surface area contributed by atoms with Gasteiger partial charge in [0.25, 0.3) is 0 Å². The predicted molar refractivity (Wildman–Crippen MR) is 65.4 cm³/mol. The Kier molecular flexibility index (Phi) is 3.54. The summed E-state index contributed by atoms with van der Waals surface area (Å²) in [7, 11) is 2.01. The molecule has 0 saturated heterocycles. The topological polar surface area (TPSA) is 40.0 Å². The van der Waals surface area contributed by atoms with Gasteiger partial charge in [-0.1, -0.05) is 18.9 Å². The molecule has 1 saturated carbocycles. The van der Waals surface area contributed by atoms with Crippen molar-refractivity contribution >= 4 is 5.84 Å². The zero-order valence-electron chi connectivity index (χ0n) is 9.82. The van der Waals surface area contributed by atoms with Crippen molar-refractivity contribution in [2.45, 2.75) is 32.2 Å². The Hall–Kier alpha value is -1.38. The van der Waals surface area contributed by atoms with E-state index < -0.39 is 0 Å². The van der Waals surface area contributed by atoms with Crippen molar-refractivity contribution in [2.24, 2.45) is 5.92 Å². The molecule has 2 rings (SSSR count). The summed E-state index contributed by atoms with van der Waals surface area (Å²) in [5, 5.41) is 8.15. The van der Waals surface area contributed by atoms with Gasteiger partial charge in [-0.3, -0.25) is 10.4 Å². The molecule has 1 fully saturated rings. The van der Waals surface area contributed by atoms with Crippen LogP contribution < -0.4 is 0 Å². The van der Waals surface area contributed by atoms with E-state index in [1.807, 2.05) is 24.2 Å². The number of rotatable bonds is 3. The van der Waals surface area contributed by atoms with E-state index >= 15 is 0 Å². The van der Waals surface area contributed by atoms with Crippen LogP contribution in [0.5, 0.6) is 0 Å². The third kappa shape index (κ3) is 2.60. The van der Waals surface area contributed by atoms with E-state index in [0.717, 1.165) is 12.4 Å². The van der Waals surface area contributed by atoms with Crippen molar-refractivity contribution in [1.29, 1.82) is 5.41 Å². The molecule has 0 radical (unpaired) electrons. The minimum Gasteiger partial charge on any atom is -0.359 e. The van der Waals surface area contributed by atoms with E-state index in [1.165, 1.54) is 31.2 Å². The van der Waals surface area contributed by atoms with Crippen LogP contribution in [0, 0.1) is 11.3 Å². The molecule has 0 aromatic carbocycles. The van der Waals surface area contributed by atoms with Crippen molar-refractivity contribution in [3.63, 3.8) is 0 Å². The molecule has 1 aliphatic carbocycles. The second kappa shape index (κ2) is 5.10. The highest BCUT2D eigenvalue weighted by molar-refractivity contribution is 5.81. The molecule has 1 heterocycles. The summed E-state index contributed by atoms with van der Waals surface area (Å²) < 4.78 is 0. The van der Waals surface area contributed by atoms with Gasteiger partial charge in [0.2, 0.25) is 0 Å². The maximum absolute atomic E-state index is 8.15. The van der Waals surface area contributed by atoms with E-state index in [2.05, 4.69) is 11.1 Å². The first-order valence-corrected chi connectivity index (χ1v) is 5.96. The third-order valence-electron chi connectivity index (χ3n) is 3.30. The Morgan fingerprint density at radius 3 is 2.88 bits per heavy atom. The summed E-state index contributed by atoms with van der Waals surface area (Å²) >= 11 is 0. The van der Waals surface area contributed by atoms with Crippen LogP contribution in [0.4, 0.5) is 0 Å². The molecule has 3 nitrogen and oxygen atoms in total. The highest BCUT2D eigenvalue weighted by Crippen LogP contribution is 2.26. The molecule has 0 unspecified atom stereocenters. The van der Waals surface area contributed by atoms with Gasteiger partial charge >= 0.3 is 0 Å². The smallest absolute Gasteiger partial charge is 0.0989 e. The number of nitrogens with one attached hydrogen (secondary N) is 1. The molecular weight excluding hydrogens is 198 g/mol. The molecule has 0 bridgehead atoms. The van der Waals surface area contributed by atoms with Crippen LogP contribution in [0.3, 0.4) is 0 Å². The number of pyridine rings is 1. The third-order valence-corrected chi connectivity index (χ3v) is 3.30. The SMILES string of the molecule is CN(Cc1cccnc1)C(=N)C1CCCC1. The fourth-order valence-electron chi connectivity index (χ4n) is 2.36. The molecular formula is C13H19N3. The lowest BCUT2D eigenvalue weighted by atomic mass is 10.1. The van der Waals surface area contributed by atoms with Crippen molar-refractivity contribution in [2.75, 3.05) is 7.05 Å². The van der Waals surface area contributed by atoms with Crippen LogP contribution in [-0.4, -0.2) is 22.8 Å². The quantitative estimate of drug-likeness (QED) is 0.624. The Morgan fingerprint density at radius 1 is 1.50 bits per heavy atom. The fourth-order valence-corrected chi connectivity index (χ4v) is 2.36. The molecule has 0 amide bonds. The summed E-state index contributed by atoms with van der Waals surface area (Å²) in [4.78, 5) is 6.15. The van der Waals surface area contributed by atoms with E-state index in [1.54, 1.807) is 6.20 Å². The zero-order valence-corrected chi connectivity index (χ0v) is 9.82. The first-order valence-electron chi connectivity index (χ1n) is 5.96. The van der Waals surface area contributed by atoms with Crippen molar-refractivity contribution in [1.82, 2.24) is 9.88 Å². The zero-order chi connectivity index (χ0) is 11.4. The van der Waals surface area contributed by atoms with Crippen LogP contribution >= 0.6 is 0 Å². The number of nitrogens with zero attached hydrogens (tertiary/aromatic N) is 2. The largest absolute Gasteiger partial charge is 0.359 e. The minimum atomic E-state index is 0.488. The van der Waals surface area contributed by atoms with Crippen molar-refractivity contribution < 1.29 is 0 Å². The normalized spacial score (nSPS) is 16.3. The van der Waals surface area contributed by atoms with Crippen LogP contribution in [0.2, 0.25) is 0 Å². The Morgan fingerprint density at radius 2 is 2.25 bits per heavy atom. The number of hydrogen-bond donors (Lipinski definition) is 1. The first kappa shape index (κ1) is 11.1. The molecule has 86 valence electrons. The Balaban J connectivity index is 1.92. The summed E-state index contributed by atoms with van der Waals surface area (Å²) in [6.07, 6.45) is 8.61. The molecule has 3 heteroatoms. The van der Waals surface area contributed by atoms with Gasteiger partial charge in [0.05, 0.1) is 5.84 Å². The summed E-state index contributed by atoms with van der Waals surface area (Å²) in [5.74, 6) is 1.28. The molecule has 16 heavy (non-hydrogen) atoms. The number of amidine groups is 1. The van der Waals surface area contributed by atoms with Crippen LogP contribution in [0.25, 0.3) is 0 Å². The predicted octanol–water partition coefficient (Wildman–Crippen LogP) is 2.68. The highest BCUT2D eigenvalue weighted by atomic mass is 15.1. The monoisotopic (exact) mass is 217 g/mol. The number of aromatic nitrogens is 1. The lowest BCUT2D eigenvalue weighted by Crippen LogP contribution is -2.30. The van der Waals surface area contributed by atoms with Gasteiger partial charge in [-0.2, -0.15) is 0 Å². The average Bonchev–Trinajstić information content (AvgIpc) is 2.83. The van der Waals surface area contributed by atoms with Gasteiger partial charge in [-0.25, -0.2) is 0 Å². The van der Waals surface area contributed by atoms with Gasteiger partial charge in [0, 0.05) is 31.9 Å². The summed E-state index contributed by atoms with van der Waals surface area (Å²) in [6.45, 7) is 0.795. The first-order chi connectivity index (χ1) is 7.77. The highest BCUT2D eigenvalue weighted by Gasteiger charge is 2.22. The van der Waals surface area contributed by atoms with Gasteiger partial charge < -0.3 is 4.90 Å². The molecule has 1 aromatic heterocycles. The molecule has 1 N–H and O–H groups in total. The van der Waals surface area contributed by atoms with Crippen molar-refractivity contribution in [3.8, 4) is 0 Å². The van der Waals surface area contributed by atoms with Crippen LogP contribution in [0.15, 0.2) is 24.5 Å². The van der Waals surface area contributed by atoms with E-state index in [-0.39, 0.29) is 0 Å². The maximum Gasteiger partial charge on any atom is 0.0989 e. The lowest BCUT2D eigenvalue weighted by Gasteiger charge is -2.24. The van der Waals surface area contributed by atoms with E-state index in [4.69, 9.17) is 5.41 Å². The lowest BCUT2D eigenvalue weighted by molar-refractivity contribution is 0.455. The van der Waals surface area contributed by atoms with Gasteiger partial charge in [-0.05, 0) is 24.5 Å².